The fraction of sp³-hybridized carbons (Fsp3) is 0.250. The van der Waals surface area contributed by atoms with Gasteiger partial charge in [-0.3, -0.25) is 0 Å². The number of hydrogen-bond acceptors (Lipinski definition) is 3. The second kappa shape index (κ2) is 3.91. The quantitative estimate of drug-likeness (QED) is 0.677. The number of hydrogen-bond donors (Lipinski definition) is 3. The molecule has 13 heavy (non-hydrogen) atoms. The van der Waals surface area contributed by atoms with Crippen LogP contribution in [0.5, 0.6) is 5.75 Å². The van der Waals surface area contributed by atoms with E-state index in [4.69, 9.17) is 23.1 Å². The van der Waals surface area contributed by atoms with Crippen molar-refractivity contribution in [1.29, 1.82) is 0 Å². The minimum absolute atomic E-state index is 0.134. The van der Waals surface area contributed by atoms with E-state index in [9.17, 15) is 9.50 Å². The predicted molar refractivity (Wildman–Crippen MR) is 49.1 cm³/mol. The van der Waals surface area contributed by atoms with Crippen LogP contribution < -0.4 is 11.5 Å². The molecule has 0 bridgehead atoms. The van der Waals surface area contributed by atoms with Gasteiger partial charge >= 0.3 is 0 Å². The monoisotopic (exact) mass is 204 g/mol. The molecule has 1 atom stereocenters. The highest BCUT2D eigenvalue weighted by molar-refractivity contribution is 6.30. The summed E-state index contributed by atoms with van der Waals surface area (Å²) in [6.07, 6.45) is 0. The van der Waals surface area contributed by atoms with E-state index in [2.05, 4.69) is 0 Å². The van der Waals surface area contributed by atoms with Crippen LogP contribution in [0.25, 0.3) is 0 Å². The topological polar surface area (TPSA) is 72.3 Å². The first-order chi connectivity index (χ1) is 6.07. The zero-order chi connectivity index (χ0) is 10.0. The summed E-state index contributed by atoms with van der Waals surface area (Å²) in [6, 6.07) is 2.21. The van der Waals surface area contributed by atoms with Crippen LogP contribution in [0.3, 0.4) is 0 Å². The first-order valence-electron chi connectivity index (χ1n) is 3.70. The Bertz CT molecular complexity index is 319. The van der Waals surface area contributed by atoms with Gasteiger partial charge in [-0.1, -0.05) is 17.7 Å². The van der Waals surface area contributed by atoms with Crippen LogP contribution in [0.1, 0.15) is 11.6 Å². The van der Waals surface area contributed by atoms with E-state index >= 15 is 0 Å². The molecule has 72 valence electrons. The minimum atomic E-state index is -0.858. The average molecular weight is 205 g/mol. The van der Waals surface area contributed by atoms with Gasteiger partial charge < -0.3 is 16.6 Å². The smallest absolute Gasteiger partial charge is 0.183 e. The lowest BCUT2D eigenvalue weighted by Gasteiger charge is -2.11. The molecule has 0 unspecified atom stereocenters. The number of nitrogens with two attached hydrogens (primary N) is 2. The van der Waals surface area contributed by atoms with Crippen molar-refractivity contribution in [3.63, 3.8) is 0 Å². The van der Waals surface area contributed by atoms with Gasteiger partial charge in [0.1, 0.15) is 0 Å². The van der Waals surface area contributed by atoms with Gasteiger partial charge in [-0.15, -0.1) is 0 Å². The number of benzene rings is 1. The van der Waals surface area contributed by atoms with Crippen molar-refractivity contribution < 1.29 is 9.50 Å². The van der Waals surface area contributed by atoms with Gasteiger partial charge in [-0.2, -0.15) is 0 Å². The second-order valence-electron chi connectivity index (χ2n) is 2.64. The molecular weight excluding hydrogens is 195 g/mol. The molecule has 0 heterocycles. The third kappa shape index (κ3) is 1.91. The largest absolute Gasteiger partial charge is 0.505 e. The number of aromatic hydroxyl groups is 1. The summed E-state index contributed by atoms with van der Waals surface area (Å²) in [5.74, 6) is -1.38. The molecule has 0 saturated carbocycles. The molecule has 1 aromatic carbocycles. The lowest BCUT2D eigenvalue weighted by Crippen LogP contribution is -2.21. The molecular formula is C8H10ClFN2O. The molecule has 0 fully saturated rings. The van der Waals surface area contributed by atoms with Crippen LogP contribution in [0.2, 0.25) is 5.02 Å². The molecule has 0 radical (unpaired) electrons. The molecule has 0 spiro atoms. The minimum Gasteiger partial charge on any atom is -0.505 e. The molecule has 0 aliphatic carbocycles. The van der Waals surface area contributed by atoms with Gasteiger partial charge in [0, 0.05) is 18.2 Å². The summed E-state index contributed by atoms with van der Waals surface area (Å²) < 4.78 is 13.0. The van der Waals surface area contributed by atoms with E-state index in [-0.39, 0.29) is 17.1 Å². The van der Waals surface area contributed by atoms with Crippen molar-refractivity contribution in [2.45, 2.75) is 6.04 Å². The van der Waals surface area contributed by atoms with Crippen LogP contribution in [0.15, 0.2) is 12.1 Å². The first-order valence-corrected chi connectivity index (χ1v) is 4.08. The van der Waals surface area contributed by atoms with Crippen molar-refractivity contribution in [1.82, 2.24) is 0 Å². The normalized spacial score (nSPS) is 12.9. The van der Waals surface area contributed by atoms with Crippen molar-refractivity contribution >= 4 is 11.6 Å². The SMILES string of the molecule is NC[C@@H](N)c1ccc(Cl)c(F)c1O. The van der Waals surface area contributed by atoms with E-state index < -0.39 is 17.6 Å². The first kappa shape index (κ1) is 10.2. The standard InChI is InChI=1S/C8H10ClFN2O/c9-5-2-1-4(6(12)3-11)8(13)7(5)10/h1-2,6,13H,3,11-12H2/t6-/m1/s1. The van der Waals surface area contributed by atoms with Gasteiger partial charge in [0.15, 0.2) is 11.6 Å². The van der Waals surface area contributed by atoms with Crippen LogP contribution in [0.4, 0.5) is 4.39 Å². The fourth-order valence-electron chi connectivity index (χ4n) is 0.981. The number of halogens is 2. The van der Waals surface area contributed by atoms with Crippen molar-refractivity contribution in [2.75, 3.05) is 6.54 Å². The van der Waals surface area contributed by atoms with Crippen LogP contribution in [-0.2, 0) is 0 Å². The molecule has 0 saturated heterocycles. The van der Waals surface area contributed by atoms with Crippen molar-refractivity contribution in [3.8, 4) is 5.75 Å². The van der Waals surface area contributed by atoms with E-state index in [0.29, 0.717) is 0 Å². The Kier molecular flexibility index (Phi) is 3.08. The lowest BCUT2D eigenvalue weighted by molar-refractivity contribution is 0.421. The Balaban J connectivity index is 3.18. The zero-order valence-corrected chi connectivity index (χ0v) is 7.55. The van der Waals surface area contributed by atoms with E-state index in [1.165, 1.54) is 12.1 Å². The Morgan fingerprint density at radius 2 is 2.15 bits per heavy atom. The molecule has 1 rings (SSSR count). The van der Waals surface area contributed by atoms with E-state index in [1.807, 2.05) is 0 Å². The molecule has 0 aliphatic rings. The van der Waals surface area contributed by atoms with Crippen LogP contribution in [-0.4, -0.2) is 11.7 Å². The third-order valence-electron chi connectivity index (χ3n) is 1.75. The van der Waals surface area contributed by atoms with Crippen molar-refractivity contribution in [3.05, 3.63) is 28.5 Å². The molecule has 0 amide bonds. The summed E-state index contributed by atoms with van der Waals surface area (Å²) in [7, 11) is 0. The fourth-order valence-corrected chi connectivity index (χ4v) is 1.13. The summed E-state index contributed by atoms with van der Waals surface area (Å²) in [4.78, 5) is 0. The number of rotatable bonds is 2. The Hall–Kier alpha value is -0.840. The second-order valence-corrected chi connectivity index (χ2v) is 3.05. The molecule has 0 aliphatic heterocycles. The maximum atomic E-state index is 13.0. The van der Waals surface area contributed by atoms with Crippen molar-refractivity contribution in [2.24, 2.45) is 11.5 Å². The highest BCUT2D eigenvalue weighted by atomic mass is 35.5. The highest BCUT2D eigenvalue weighted by Crippen LogP contribution is 2.30. The van der Waals surface area contributed by atoms with Gasteiger partial charge in [0.25, 0.3) is 0 Å². The molecule has 0 aromatic heterocycles. The van der Waals surface area contributed by atoms with Gasteiger partial charge in [-0.25, -0.2) is 4.39 Å². The van der Waals surface area contributed by atoms with Gasteiger partial charge in [-0.05, 0) is 6.07 Å². The number of phenols is 1. The van der Waals surface area contributed by atoms with Crippen LogP contribution in [0, 0.1) is 5.82 Å². The molecule has 5 N–H and O–H groups in total. The predicted octanol–water partition coefficient (Wildman–Crippen LogP) is 1.14. The maximum absolute atomic E-state index is 13.0. The summed E-state index contributed by atoms with van der Waals surface area (Å²) in [5.41, 5.74) is 11.1. The Labute approximate surface area is 80.1 Å². The summed E-state index contributed by atoms with van der Waals surface area (Å²) >= 11 is 5.43. The zero-order valence-electron chi connectivity index (χ0n) is 6.80. The average Bonchev–Trinajstić information content (AvgIpc) is 2.13. The Morgan fingerprint density at radius 1 is 1.54 bits per heavy atom. The van der Waals surface area contributed by atoms with Gasteiger partial charge in [0.2, 0.25) is 0 Å². The van der Waals surface area contributed by atoms with Gasteiger partial charge in [0.05, 0.1) is 5.02 Å². The lowest BCUT2D eigenvalue weighted by atomic mass is 10.1. The Morgan fingerprint density at radius 3 is 2.69 bits per heavy atom. The number of phenolic OH excluding ortho intramolecular Hbond substituents is 1. The molecule has 1 aromatic rings. The highest BCUT2D eigenvalue weighted by Gasteiger charge is 2.15. The van der Waals surface area contributed by atoms with E-state index in [1.54, 1.807) is 0 Å². The van der Waals surface area contributed by atoms with E-state index in [0.717, 1.165) is 0 Å². The molecule has 5 heteroatoms. The summed E-state index contributed by atoms with van der Waals surface area (Å²) in [6.45, 7) is 0.134. The third-order valence-corrected chi connectivity index (χ3v) is 2.05. The van der Waals surface area contributed by atoms with Crippen LogP contribution >= 0.6 is 11.6 Å². The maximum Gasteiger partial charge on any atom is 0.183 e. The summed E-state index contributed by atoms with van der Waals surface area (Å²) in [5, 5.41) is 9.15. The molecule has 3 nitrogen and oxygen atoms in total.